The van der Waals surface area contributed by atoms with E-state index in [9.17, 15) is 15.0 Å². The van der Waals surface area contributed by atoms with Crippen LogP contribution >= 0.6 is 0 Å². The Balaban J connectivity index is 2.01. The maximum atomic E-state index is 11.2. The van der Waals surface area contributed by atoms with Gasteiger partial charge in [-0.1, -0.05) is 36.4 Å². The number of aryl methyl sites for hydroxylation is 2. The number of aliphatic hydroxyl groups excluding tert-OH is 1. The molecule has 0 spiro atoms. The number of fused-ring (bicyclic) bond motifs is 1. The van der Waals surface area contributed by atoms with Gasteiger partial charge in [-0.15, -0.1) is 0 Å². The van der Waals surface area contributed by atoms with Crippen molar-refractivity contribution in [2.45, 2.75) is 25.4 Å². The van der Waals surface area contributed by atoms with Crippen molar-refractivity contribution in [1.82, 2.24) is 0 Å². The van der Waals surface area contributed by atoms with Crippen molar-refractivity contribution in [3.63, 3.8) is 0 Å². The van der Waals surface area contributed by atoms with Crippen molar-refractivity contribution in [3.8, 4) is 0 Å². The van der Waals surface area contributed by atoms with Crippen molar-refractivity contribution >= 4 is 5.97 Å². The Kier molecular flexibility index (Phi) is 3.28. The van der Waals surface area contributed by atoms with Crippen molar-refractivity contribution in [2.75, 3.05) is 0 Å². The molecule has 3 heteroatoms. The van der Waals surface area contributed by atoms with Crippen molar-refractivity contribution < 1.29 is 15.0 Å². The normalized spacial score (nSPS) is 14.8. The molecular weight excluding hydrogens is 252 g/mol. The fourth-order valence-electron chi connectivity index (χ4n) is 2.87. The summed E-state index contributed by atoms with van der Waals surface area (Å²) in [5.41, 5.74) is 3.97. The van der Waals surface area contributed by atoms with Crippen LogP contribution in [0.5, 0.6) is 0 Å². The molecule has 2 aromatic carbocycles. The number of aliphatic hydroxyl groups is 1. The van der Waals surface area contributed by atoms with Gasteiger partial charge in [-0.05, 0) is 47.6 Å². The second kappa shape index (κ2) is 5.10. The molecular formula is C17H16O3. The fraction of sp³-hybridized carbons (Fsp3) is 0.235. The van der Waals surface area contributed by atoms with E-state index < -0.39 is 12.1 Å². The Morgan fingerprint density at radius 2 is 1.80 bits per heavy atom. The first kappa shape index (κ1) is 12.9. The fourth-order valence-corrected chi connectivity index (χ4v) is 2.87. The molecule has 0 bridgehead atoms. The standard InChI is InChI=1S/C17H16O3/c18-16(14-6-1-2-7-15(14)17(19)20)13-9-8-11-4-3-5-12(11)10-13/h1-2,6-10,16,18H,3-5H2,(H,19,20). The molecule has 1 aliphatic rings. The topological polar surface area (TPSA) is 57.5 Å². The van der Waals surface area contributed by atoms with Gasteiger partial charge >= 0.3 is 5.97 Å². The van der Waals surface area contributed by atoms with Gasteiger partial charge in [0.15, 0.2) is 0 Å². The molecule has 3 nitrogen and oxygen atoms in total. The molecule has 1 atom stereocenters. The lowest BCUT2D eigenvalue weighted by Gasteiger charge is -2.15. The monoisotopic (exact) mass is 268 g/mol. The van der Waals surface area contributed by atoms with Gasteiger partial charge in [0, 0.05) is 0 Å². The van der Waals surface area contributed by atoms with Gasteiger partial charge in [0.05, 0.1) is 5.56 Å². The molecule has 0 saturated heterocycles. The van der Waals surface area contributed by atoms with Crippen LogP contribution in [0.3, 0.4) is 0 Å². The van der Waals surface area contributed by atoms with E-state index in [1.807, 2.05) is 18.2 Å². The molecule has 2 aromatic rings. The maximum absolute atomic E-state index is 11.2. The highest BCUT2D eigenvalue weighted by molar-refractivity contribution is 5.89. The van der Waals surface area contributed by atoms with Crippen LogP contribution in [0.25, 0.3) is 0 Å². The highest BCUT2D eigenvalue weighted by atomic mass is 16.4. The first-order chi connectivity index (χ1) is 9.66. The minimum Gasteiger partial charge on any atom is -0.478 e. The Morgan fingerprint density at radius 3 is 2.60 bits per heavy atom. The summed E-state index contributed by atoms with van der Waals surface area (Å²) in [6, 6.07) is 12.6. The zero-order valence-corrected chi connectivity index (χ0v) is 11.0. The summed E-state index contributed by atoms with van der Waals surface area (Å²) in [6.45, 7) is 0. The molecule has 0 aromatic heterocycles. The lowest BCUT2D eigenvalue weighted by atomic mass is 9.95. The smallest absolute Gasteiger partial charge is 0.336 e. The van der Waals surface area contributed by atoms with E-state index in [0.717, 1.165) is 24.8 Å². The molecule has 1 aliphatic carbocycles. The average Bonchev–Trinajstić information content (AvgIpc) is 2.93. The summed E-state index contributed by atoms with van der Waals surface area (Å²) in [5, 5.41) is 19.7. The molecule has 0 aliphatic heterocycles. The number of carboxylic acids is 1. The van der Waals surface area contributed by atoms with E-state index in [2.05, 4.69) is 0 Å². The van der Waals surface area contributed by atoms with Gasteiger partial charge in [-0.25, -0.2) is 4.79 Å². The molecule has 0 amide bonds. The summed E-state index contributed by atoms with van der Waals surface area (Å²) in [6.07, 6.45) is 2.39. The van der Waals surface area contributed by atoms with Gasteiger partial charge in [0.2, 0.25) is 0 Å². The Hall–Kier alpha value is -2.13. The maximum Gasteiger partial charge on any atom is 0.336 e. The predicted molar refractivity (Wildman–Crippen MR) is 75.9 cm³/mol. The van der Waals surface area contributed by atoms with Crippen LogP contribution in [-0.2, 0) is 12.8 Å². The third kappa shape index (κ3) is 2.21. The molecule has 0 fully saturated rings. The van der Waals surface area contributed by atoms with E-state index in [1.165, 1.54) is 17.2 Å². The first-order valence-corrected chi connectivity index (χ1v) is 6.79. The lowest BCUT2D eigenvalue weighted by Crippen LogP contribution is -2.08. The SMILES string of the molecule is O=C(O)c1ccccc1C(O)c1ccc2c(c1)CCC2. The van der Waals surface area contributed by atoms with Gasteiger partial charge < -0.3 is 10.2 Å². The van der Waals surface area contributed by atoms with Crippen LogP contribution in [0, 0.1) is 0 Å². The molecule has 2 N–H and O–H groups in total. The van der Waals surface area contributed by atoms with E-state index in [4.69, 9.17) is 0 Å². The summed E-state index contributed by atoms with van der Waals surface area (Å²) in [7, 11) is 0. The highest BCUT2D eigenvalue weighted by Crippen LogP contribution is 2.29. The second-order valence-electron chi connectivity index (χ2n) is 5.18. The number of rotatable bonds is 3. The minimum atomic E-state index is -1.01. The molecule has 0 radical (unpaired) electrons. The van der Waals surface area contributed by atoms with E-state index in [-0.39, 0.29) is 5.56 Å². The number of carbonyl (C=O) groups is 1. The number of carboxylic acid groups (broad SMARTS) is 1. The quantitative estimate of drug-likeness (QED) is 0.899. The van der Waals surface area contributed by atoms with Crippen LogP contribution < -0.4 is 0 Å². The average molecular weight is 268 g/mol. The summed E-state index contributed by atoms with van der Waals surface area (Å²) >= 11 is 0. The van der Waals surface area contributed by atoms with Crippen LogP contribution in [0.4, 0.5) is 0 Å². The van der Waals surface area contributed by atoms with Crippen molar-refractivity contribution in [3.05, 3.63) is 70.3 Å². The van der Waals surface area contributed by atoms with E-state index in [0.29, 0.717) is 5.56 Å². The van der Waals surface area contributed by atoms with Crippen molar-refractivity contribution in [2.24, 2.45) is 0 Å². The highest BCUT2D eigenvalue weighted by Gasteiger charge is 2.20. The Labute approximate surface area is 117 Å². The van der Waals surface area contributed by atoms with Gasteiger partial charge in [0.25, 0.3) is 0 Å². The van der Waals surface area contributed by atoms with Gasteiger partial charge in [0.1, 0.15) is 6.10 Å². The van der Waals surface area contributed by atoms with E-state index >= 15 is 0 Å². The summed E-state index contributed by atoms with van der Waals surface area (Å²) in [4.78, 5) is 11.2. The number of aromatic carboxylic acids is 1. The number of benzene rings is 2. The van der Waals surface area contributed by atoms with Crippen LogP contribution in [-0.4, -0.2) is 16.2 Å². The van der Waals surface area contributed by atoms with Crippen LogP contribution in [0.1, 0.15) is 45.1 Å². The Bertz CT molecular complexity index is 661. The van der Waals surface area contributed by atoms with Crippen LogP contribution in [0.15, 0.2) is 42.5 Å². The largest absolute Gasteiger partial charge is 0.478 e. The second-order valence-corrected chi connectivity index (χ2v) is 5.18. The molecule has 0 heterocycles. The van der Waals surface area contributed by atoms with E-state index in [1.54, 1.807) is 18.2 Å². The number of hydrogen-bond donors (Lipinski definition) is 2. The molecule has 20 heavy (non-hydrogen) atoms. The molecule has 102 valence electrons. The van der Waals surface area contributed by atoms with Crippen LogP contribution in [0.2, 0.25) is 0 Å². The van der Waals surface area contributed by atoms with Crippen molar-refractivity contribution in [1.29, 1.82) is 0 Å². The third-order valence-electron chi connectivity index (χ3n) is 3.92. The lowest BCUT2D eigenvalue weighted by molar-refractivity contribution is 0.0691. The zero-order valence-electron chi connectivity index (χ0n) is 11.0. The number of hydrogen-bond acceptors (Lipinski definition) is 2. The first-order valence-electron chi connectivity index (χ1n) is 6.79. The van der Waals surface area contributed by atoms with Gasteiger partial charge in [-0.2, -0.15) is 0 Å². The molecule has 3 rings (SSSR count). The predicted octanol–water partition coefficient (Wildman–Crippen LogP) is 2.96. The summed E-state index contributed by atoms with van der Waals surface area (Å²) in [5.74, 6) is -1.01. The Morgan fingerprint density at radius 1 is 1.05 bits per heavy atom. The summed E-state index contributed by atoms with van der Waals surface area (Å²) < 4.78 is 0. The molecule has 1 unspecified atom stereocenters. The third-order valence-corrected chi connectivity index (χ3v) is 3.92. The zero-order chi connectivity index (χ0) is 14.1. The minimum absolute atomic E-state index is 0.153. The van der Waals surface area contributed by atoms with Gasteiger partial charge in [-0.3, -0.25) is 0 Å². The molecule has 0 saturated carbocycles.